The number of aliphatic hydroxyl groups is 1. The minimum Gasteiger partial charge on any atom is -0.392 e. The average Bonchev–Trinajstić information content (AvgIpc) is 2.84. The smallest absolute Gasteiger partial charge is 0.272 e. The lowest BCUT2D eigenvalue weighted by Crippen LogP contribution is -2.12. The van der Waals surface area contributed by atoms with Crippen molar-refractivity contribution in [3.63, 3.8) is 0 Å². The first-order valence-electron chi connectivity index (χ1n) is 4.74. The highest BCUT2D eigenvalue weighted by atomic mass is 32.2. The molecule has 2 N–H and O–H groups in total. The number of nitrogens with one attached hydrogen (secondary N) is 1. The first-order chi connectivity index (χ1) is 8.12. The molecule has 0 unspecified atom stereocenters. The summed E-state index contributed by atoms with van der Waals surface area (Å²) in [7, 11) is -3.55. The third-order valence-electron chi connectivity index (χ3n) is 2.01. The van der Waals surface area contributed by atoms with Gasteiger partial charge < -0.3 is 5.11 Å². The van der Waals surface area contributed by atoms with Crippen molar-refractivity contribution in [3.05, 3.63) is 41.4 Å². The molecule has 0 aromatic carbocycles. The summed E-state index contributed by atoms with van der Waals surface area (Å²) in [4.78, 5) is 3.90. The minimum absolute atomic E-state index is 0.120. The number of hydrogen-bond donors (Lipinski definition) is 2. The normalized spacial score (nSPS) is 11.4. The zero-order valence-corrected chi connectivity index (χ0v) is 10.3. The molecule has 0 amide bonds. The van der Waals surface area contributed by atoms with Crippen LogP contribution in [0, 0.1) is 0 Å². The molecule has 5 nitrogen and oxygen atoms in total. The highest BCUT2D eigenvalue weighted by molar-refractivity contribution is 7.94. The van der Waals surface area contributed by atoms with E-state index in [0.29, 0.717) is 5.56 Å². The fourth-order valence-electron chi connectivity index (χ4n) is 1.18. The molecule has 0 saturated carbocycles. The number of hydrogen-bond acceptors (Lipinski definition) is 5. The van der Waals surface area contributed by atoms with Crippen LogP contribution in [-0.4, -0.2) is 18.5 Å². The van der Waals surface area contributed by atoms with E-state index in [2.05, 4.69) is 9.71 Å². The summed E-state index contributed by atoms with van der Waals surface area (Å²) in [5.41, 5.74) is 0.629. The fourth-order valence-corrected chi connectivity index (χ4v) is 3.18. The van der Waals surface area contributed by atoms with Crippen LogP contribution in [0.3, 0.4) is 0 Å². The zero-order valence-electron chi connectivity index (χ0n) is 8.70. The Kier molecular flexibility index (Phi) is 3.41. The topological polar surface area (TPSA) is 79.3 Å². The summed E-state index contributed by atoms with van der Waals surface area (Å²) in [6, 6.07) is 6.31. The molecule has 0 radical (unpaired) electrons. The monoisotopic (exact) mass is 270 g/mol. The van der Waals surface area contributed by atoms with Crippen molar-refractivity contribution in [1.29, 1.82) is 0 Å². The third kappa shape index (κ3) is 2.82. The van der Waals surface area contributed by atoms with Gasteiger partial charge in [0.05, 0.1) is 6.61 Å². The lowest BCUT2D eigenvalue weighted by atomic mass is 10.3. The molecule has 0 atom stereocenters. The molecule has 0 aliphatic carbocycles. The van der Waals surface area contributed by atoms with E-state index in [4.69, 9.17) is 5.11 Å². The summed E-state index contributed by atoms with van der Waals surface area (Å²) in [5.74, 6) is 0.232. The number of aromatic nitrogens is 1. The quantitative estimate of drug-likeness (QED) is 0.881. The van der Waals surface area contributed by atoms with E-state index in [9.17, 15) is 8.42 Å². The maximum atomic E-state index is 11.8. The number of aliphatic hydroxyl groups excluding tert-OH is 1. The van der Waals surface area contributed by atoms with E-state index in [-0.39, 0.29) is 16.6 Å². The Morgan fingerprint density at radius 1 is 1.35 bits per heavy atom. The molecule has 0 fully saturated rings. The molecule has 2 aromatic heterocycles. The van der Waals surface area contributed by atoms with Gasteiger partial charge in [-0.2, -0.15) is 0 Å². The van der Waals surface area contributed by atoms with Gasteiger partial charge in [-0.1, -0.05) is 12.1 Å². The van der Waals surface area contributed by atoms with Crippen LogP contribution in [-0.2, 0) is 16.6 Å². The van der Waals surface area contributed by atoms with Crippen molar-refractivity contribution in [3.8, 4) is 0 Å². The van der Waals surface area contributed by atoms with E-state index in [1.54, 1.807) is 17.5 Å². The van der Waals surface area contributed by atoms with E-state index in [1.165, 1.54) is 18.3 Å². The average molecular weight is 270 g/mol. The van der Waals surface area contributed by atoms with Crippen LogP contribution in [0.25, 0.3) is 0 Å². The van der Waals surface area contributed by atoms with Crippen LogP contribution < -0.4 is 4.72 Å². The van der Waals surface area contributed by atoms with Crippen molar-refractivity contribution in [1.82, 2.24) is 4.98 Å². The summed E-state index contributed by atoms with van der Waals surface area (Å²) >= 11 is 1.14. The van der Waals surface area contributed by atoms with Gasteiger partial charge in [0.25, 0.3) is 10.0 Å². The Hall–Kier alpha value is -1.44. The van der Waals surface area contributed by atoms with Crippen LogP contribution >= 0.6 is 11.3 Å². The van der Waals surface area contributed by atoms with Gasteiger partial charge in [0.2, 0.25) is 0 Å². The van der Waals surface area contributed by atoms with E-state index < -0.39 is 10.0 Å². The largest absolute Gasteiger partial charge is 0.392 e. The molecule has 2 heterocycles. The van der Waals surface area contributed by atoms with Crippen molar-refractivity contribution in [2.45, 2.75) is 10.8 Å². The lowest BCUT2D eigenvalue weighted by molar-refractivity contribution is 0.281. The molecule has 0 aliphatic rings. The minimum atomic E-state index is -3.55. The molecular weight excluding hydrogens is 260 g/mol. The summed E-state index contributed by atoms with van der Waals surface area (Å²) in [5, 5.41) is 10.5. The van der Waals surface area contributed by atoms with Crippen molar-refractivity contribution in [2.24, 2.45) is 0 Å². The number of nitrogens with zero attached hydrogens (tertiary/aromatic N) is 1. The standard InChI is InChI=1S/C10H10N2O3S2/c13-7-8-3-4-9(11-6-8)12-17(14,15)10-2-1-5-16-10/h1-6,13H,7H2,(H,11,12). The van der Waals surface area contributed by atoms with E-state index >= 15 is 0 Å². The second-order valence-corrected chi connectivity index (χ2v) is 6.10. The second kappa shape index (κ2) is 4.82. The summed E-state index contributed by atoms with van der Waals surface area (Å²) in [6.45, 7) is -0.120. The summed E-state index contributed by atoms with van der Waals surface area (Å²) < 4.78 is 26.3. The molecule has 0 bridgehead atoms. The number of pyridine rings is 1. The maximum absolute atomic E-state index is 11.8. The van der Waals surface area contributed by atoms with Crippen LogP contribution in [0.1, 0.15) is 5.56 Å². The molecular formula is C10H10N2O3S2. The van der Waals surface area contributed by atoms with Crippen molar-refractivity contribution < 1.29 is 13.5 Å². The van der Waals surface area contributed by atoms with Gasteiger partial charge in [-0.3, -0.25) is 4.72 Å². The molecule has 0 spiro atoms. The number of rotatable bonds is 4. The SMILES string of the molecule is O=S(=O)(Nc1ccc(CO)cn1)c1cccs1. The second-order valence-electron chi connectivity index (χ2n) is 3.25. The van der Waals surface area contributed by atoms with Crippen LogP contribution in [0.2, 0.25) is 0 Å². The van der Waals surface area contributed by atoms with Gasteiger partial charge in [0.15, 0.2) is 0 Å². The molecule has 2 aromatic rings. The van der Waals surface area contributed by atoms with Gasteiger partial charge >= 0.3 is 0 Å². The number of sulfonamides is 1. The van der Waals surface area contributed by atoms with Gasteiger partial charge in [-0.15, -0.1) is 11.3 Å². The molecule has 0 saturated heterocycles. The first kappa shape index (κ1) is 12.0. The maximum Gasteiger partial charge on any atom is 0.272 e. The number of thiophene rings is 1. The Bertz CT molecular complexity index is 577. The van der Waals surface area contributed by atoms with Crippen LogP contribution in [0.15, 0.2) is 40.1 Å². The Morgan fingerprint density at radius 3 is 2.71 bits per heavy atom. The van der Waals surface area contributed by atoms with Crippen molar-refractivity contribution in [2.75, 3.05) is 4.72 Å². The number of anilines is 1. The highest BCUT2D eigenvalue weighted by Gasteiger charge is 2.15. The Balaban J connectivity index is 2.21. The fraction of sp³-hybridized carbons (Fsp3) is 0.100. The van der Waals surface area contributed by atoms with Gasteiger partial charge in [0.1, 0.15) is 10.0 Å². The molecule has 17 heavy (non-hydrogen) atoms. The predicted octanol–water partition coefficient (Wildman–Crippen LogP) is 1.44. The first-order valence-corrected chi connectivity index (χ1v) is 7.10. The van der Waals surface area contributed by atoms with Crippen LogP contribution in [0.4, 0.5) is 5.82 Å². The molecule has 90 valence electrons. The summed E-state index contributed by atoms with van der Waals surface area (Å²) in [6.07, 6.45) is 1.42. The molecule has 7 heteroatoms. The Labute approximate surface area is 103 Å². The van der Waals surface area contributed by atoms with Gasteiger partial charge in [-0.05, 0) is 23.1 Å². The highest BCUT2D eigenvalue weighted by Crippen LogP contribution is 2.19. The predicted molar refractivity (Wildman–Crippen MR) is 65.3 cm³/mol. The van der Waals surface area contributed by atoms with Gasteiger partial charge in [-0.25, -0.2) is 13.4 Å². The van der Waals surface area contributed by atoms with E-state index in [0.717, 1.165) is 11.3 Å². The molecule has 2 rings (SSSR count). The van der Waals surface area contributed by atoms with Gasteiger partial charge in [0, 0.05) is 6.20 Å². The third-order valence-corrected chi connectivity index (χ3v) is 4.76. The lowest BCUT2D eigenvalue weighted by Gasteiger charge is -2.05. The van der Waals surface area contributed by atoms with Crippen LogP contribution in [0.5, 0.6) is 0 Å². The zero-order chi connectivity index (χ0) is 12.3. The molecule has 0 aliphatic heterocycles. The van der Waals surface area contributed by atoms with Crippen molar-refractivity contribution >= 4 is 27.2 Å². The Morgan fingerprint density at radius 2 is 2.18 bits per heavy atom. The van der Waals surface area contributed by atoms with E-state index in [1.807, 2.05) is 0 Å².